The van der Waals surface area contributed by atoms with Gasteiger partial charge in [0.1, 0.15) is 5.75 Å². The SMILES string of the molecule is O=C(Cc1cccc(O)c1)C1Cc2ccccc2CN1. The van der Waals surface area contributed by atoms with E-state index in [0.29, 0.717) is 6.42 Å². The Bertz CT molecular complexity index is 636. The summed E-state index contributed by atoms with van der Waals surface area (Å²) < 4.78 is 0. The molecule has 0 spiro atoms. The number of nitrogens with one attached hydrogen (secondary N) is 1. The quantitative estimate of drug-likeness (QED) is 0.896. The zero-order valence-corrected chi connectivity index (χ0v) is 11.2. The maximum absolute atomic E-state index is 12.3. The fourth-order valence-corrected chi connectivity index (χ4v) is 2.67. The lowest BCUT2D eigenvalue weighted by atomic mass is 9.91. The van der Waals surface area contributed by atoms with Crippen LogP contribution in [0.25, 0.3) is 0 Å². The minimum Gasteiger partial charge on any atom is -0.508 e. The van der Waals surface area contributed by atoms with Crippen molar-refractivity contribution < 1.29 is 9.90 Å². The lowest BCUT2D eigenvalue weighted by Gasteiger charge is -2.25. The molecule has 2 aromatic carbocycles. The third-order valence-corrected chi connectivity index (χ3v) is 3.76. The first-order valence-electron chi connectivity index (χ1n) is 6.83. The van der Waals surface area contributed by atoms with Gasteiger partial charge in [-0.1, -0.05) is 36.4 Å². The molecule has 0 aliphatic carbocycles. The third-order valence-electron chi connectivity index (χ3n) is 3.76. The van der Waals surface area contributed by atoms with E-state index in [2.05, 4.69) is 17.4 Å². The van der Waals surface area contributed by atoms with Crippen molar-refractivity contribution in [1.82, 2.24) is 5.32 Å². The highest BCUT2D eigenvalue weighted by atomic mass is 16.3. The molecule has 0 bridgehead atoms. The van der Waals surface area contributed by atoms with Gasteiger partial charge in [-0.3, -0.25) is 4.79 Å². The van der Waals surface area contributed by atoms with Gasteiger partial charge in [0, 0.05) is 13.0 Å². The van der Waals surface area contributed by atoms with Gasteiger partial charge in [-0.25, -0.2) is 0 Å². The summed E-state index contributed by atoms with van der Waals surface area (Å²) in [4.78, 5) is 12.3. The van der Waals surface area contributed by atoms with Crippen molar-refractivity contribution in [2.75, 3.05) is 0 Å². The molecule has 0 aromatic heterocycles. The summed E-state index contributed by atoms with van der Waals surface area (Å²) in [5, 5.41) is 12.7. The van der Waals surface area contributed by atoms with Crippen LogP contribution in [0.3, 0.4) is 0 Å². The van der Waals surface area contributed by atoms with Crippen molar-refractivity contribution >= 4 is 5.78 Å². The van der Waals surface area contributed by atoms with E-state index < -0.39 is 0 Å². The summed E-state index contributed by atoms with van der Waals surface area (Å²) in [5.41, 5.74) is 3.38. The van der Waals surface area contributed by atoms with E-state index in [-0.39, 0.29) is 17.6 Å². The van der Waals surface area contributed by atoms with E-state index in [0.717, 1.165) is 18.5 Å². The highest BCUT2D eigenvalue weighted by Gasteiger charge is 2.23. The Hall–Kier alpha value is -2.13. The number of phenols is 1. The van der Waals surface area contributed by atoms with Crippen molar-refractivity contribution in [3.8, 4) is 5.75 Å². The maximum Gasteiger partial charge on any atom is 0.154 e. The van der Waals surface area contributed by atoms with Gasteiger partial charge in [-0.05, 0) is 35.2 Å². The lowest BCUT2D eigenvalue weighted by Crippen LogP contribution is -2.42. The molecule has 1 unspecified atom stereocenters. The Balaban J connectivity index is 1.70. The van der Waals surface area contributed by atoms with E-state index in [1.807, 2.05) is 18.2 Å². The van der Waals surface area contributed by atoms with Gasteiger partial charge in [0.05, 0.1) is 6.04 Å². The number of rotatable bonds is 3. The van der Waals surface area contributed by atoms with Gasteiger partial charge >= 0.3 is 0 Å². The van der Waals surface area contributed by atoms with Crippen LogP contribution in [0, 0.1) is 0 Å². The third kappa shape index (κ3) is 2.73. The number of hydrogen-bond acceptors (Lipinski definition) is 3. The first kappa shape index (κ1) is 12.9. The largest absolute Gasteiger partial charge is 0.508 e. The van der Waals surface area contributed by atoms with Crippen LogP contribution in [0.5, 0.6) is 5.75 Å². The Morgan fingerprint density at radius 2 is 1.95 bits per heavy atom. The second kappa shape index (κ2) is 5.47. The Morgan fingerprint density at radius 3 is 2.75 bits per heavy atom. The smallest absolute Gasteiger partial charge is 0.154 e. The number of Topliss-reactive ketones (excluding diaryl/α,β-unsaturated/α-hetero) is 1. The molecule has 1 heterocycles. The fourth-order valence-electron chi connectivity index (χ4n) is 2.67. The van der Waals surface area contributed by atoms with E-state index in [4.69, 9.17) is 0 Å². The number of carbonyl (C=O) groups excluding carboxylic acids is 1. The van der Waals surface area contributed by atoms with Crippen LogP contribution in [-0.2, 0) is 24.2 Å². The van der Waals surface area contributed by atoms with Crippen molar-refractivity contribution in [2.45, 2.75) is 25.4 Å². The van der Waals surface area contributed by atoms with Gasteiger partial charge in [0.2, 0.25) is 0 Å². The van der Waals surface area contributed by atoms with E-state index in [9.17, 15) is 9.90 Å². The predicted octanol–water partition coefficient (Wildman–Crippen LogP) is 2.22. The van der Waals surface area contributed by atoms with Gasteiger partial charge in [-0.15, -0.1) is 0 Å². The summed E-state index contributed by atoms with van der Waals surface area (Å²) in [7, 11) is 0. The van der Waals surface area contributed by atoms with Crippen LogP contribution in [-0.4, -0.2) is 16.9 Å². The van der Waals surface area contributed by atoms with E-state index in [1.54, 1.807) is 18.2 Å². The molecule has 2 N–H and O–H groups in total. The molecule has 3 nitrogen and oxygen atoms in total. The number of ketones is 1. The first-order chi connectivity index (χ1) is 9.72. The van der Waals surface area contributed by atoms with Crippen LogP contribution < -0.4 is 5.32 Å². The molecule has 0 saturated carbocycles. The minimum atomic E-state index is -0.132. The Kier molecular flexibility index (Phi) is 3.52. The average molecular weight is 267 g/mol. The van der Waals surface area contributed by atoms with Gasteiger partial charge in [0.15, 0.2) is 5.78 Å². The lowest BCUT2D eigenvalue weighted by molar-refractivity contribution is -0.120. The van der Waals surface area contributed by atoms with Crippen LogP contribution >= 0.6 is 0 Å². The molecule has 102 valence electrons. The molecule has 20 heavy (non-hydrogen) atoms. The average Bonchev–Trinajstić information content (AvgIpc) is 2.47. The molecule has 1 atom stereocenters. The van der Waals surface area contributed by atoms with E-state index in [1.165, 1.54) is 11.1 Å². The number of aromatic hydroxyl groups is 1. The molecule has 0 saturated heterocycles. The van der Waals surface area contributed by atoms with Crippen LogP contribution in [0.1, 0.15) is 16.7 Å². The maximum atomic E-state index is 12.3. The standard InChI is InChI=1S/C17H17NO2/c19-15-7-3-4-12(8-15)9-17(20)16-10-13-5-1-2-6-14(13)11-18-16/h1-8,16,18-19H,9-11H2. The van der Waals surface area contributed by atoms with Crippen molar-refractivity contribution in [2.24, 2.45) is 0 Å². The first-order valence-corrected chi connectivity index (χ1v) is 6.83. The van der Waals surface area contributed by atoms with Crippen LogP contribution in [0.15, 0.2) is 48.5 Å². The number of carbonyl (C=O) groups is 1. The summed E-state index contributed by atoms with van der Waals surface area (Å²) in [6.45, 7) is 0.743. The highest BCUT2D eigenvalue weighted by molar-refractivity contribution is 5.86. The Labute approximate surface area is 118 Å². The molecule has 3 heteroatoms. The molecule has 3 rings (SSSR count). The zero-order valence-electron chi connectivity index (χ0n) is 11.2. The molecule has 1 aliphatic rings. The Morgan fingerprint density at radius 1 is 1.15 bits per heavy atom. The van der Waals surface area contributed by atoms with Crippen LogP contribution in [0.2, 0.25) is 0 Å². The molecular weight excluding hydrogens is 250 g/mol. The predicted molar refractivity (Wildman–Crippen MR) is 77.6 cm³/mol. The highest BCUT2D eigenvalue weighted by Crippen LogP contribution is 2.18. The molecular formula is C17H17NO2. The van der Waals surface area contributed by atoms with Gasteiger partial charge < -0.3 is 10.4 Å². The topological polar surface area (TPSA) is 49.3 Å². The van der Waals surface area contributed by atoms with Gasteiger partial charge in [0.25, 0.3) is 0 Å². The molecule has 1 aliphatic heterocycles. The van der Waals surface area contributed by atoms with Crippen LogP contribution in [0.4, 0.5) is 0 Å². The van der Waals surface area contributed by atoms with E-state index >= 15 is 0 Å². The second-order valence-electron chi connectivity index (χ2n) is 5.22. The zero-order chi connectivity index (χ0) is 13.9. The molecule has 0 amide bonds. The summed E-state index contributed by atoms with van der Waals surface area (Å²) in [5.74, 6) is 0.377. The van der Waals surface area contributed by atoms with Crippen molar-refractivity contribution in [3.05, 3.63) is 65.2 Å². The summed E-state index contributed by atoms with van der Waals surface area (Å²) >= 11 is 0. The number of phenolic OH excluding ortho intramolecular Hbond substituents is 1. The second-order valence-corrected chi connectivity index (χ2v) is 5.22. The van der Waals surface area contributed by atoms with Crippen molar-refractivity contribution in [3.63, 3.8) is 0 Å². The fraction of sp³-hybridized carbons (Fsp3) is 0.235. The number of benzene rings is 2. The normalized spacial score (nSPS) is 17.5. The van der Waals surface area contributed by atoms with Gasteiger partial charge in [-0.2, -0.15) is 0 Å². The monoisotopic (exact) mass is 267 g/mol. The summed E-state index contributed by atoms with van der Waals surface area (Å²) in [6, 6.07) is 15.0. The summed E-state index contributed by atoms with van der Waals surface area (Å²) in [6.07, 6.45) is 1.10. The van der Waals surface area contributed by atoms with Crippen molar-refractivity contribution in [1.29, 1.82) is 0 Å². The molecule has 0 radical (unpaired) electrons. The number of fused-ring (bicyclic) bond motifs is 1. The number of hydrogen-bond donors (Lipinski definition) is 2. The molecule has 0 fully saturated rings. The molecule has 2 aromatic rings. The minimum absolute atomic E-state index is 0.132.